The molecule has 5 fully saturated rings. The van der Waals surface area contributed by atoms with E-state index in [2.05, 4.69) is 80.9 Å². The van der Waals surface area contributed by atoms with E-state index in [1.165, 1.54) is 0 Å². The molecule has 22 heteroatoms. The molecule has 3 aliphatic heterocycles. The summed E-state index contributed by atoms with van der Waals surface area (Å²) in [6, 6.07) is 0.226. The normalized spacial score (nSPS) is 36.3. The number of fused-ring (bicyclic) bond motifs is 4. The monoisotopic (exact) mass is 1140 g/mol. The van der Waals surface area contributed by atoms with E-state index in [4.69, 9.17) is 34.5 Å². The molecule has 4 unspecified atom stereocenters. The van der Waals surface area contributed by atoms with E-state index in [1.54, 1.807) is 25.8 Å². The van der Waals surface area contributed by atoms with Crippen LogP contribution >= 0.6 is 82.4 Å². The van der Waals surface area contributed by atoms with Crippen LogP contribution in [0.1, 0.15) is 25.7 Å². The number of carboxylic acid groups (broad SMARTS) is 2. The number of ether oxygens (including phenoxy) is 3. The first-order valence-electron chi connectivity index (χ1n) is 15.4. The van der Waals surface area contributed by atoms with Gasteiger partial charge < -0.3 is 55.6 Å². The molecule has 12 atom stereocenters. The summed E-state index contributed by atoms with van der Waals surface area (Å²) >= 11 is 8.53. The fourth-order valence-corrected chi connectivity index (χ4v) is 8.88. The van der Waals surface area contributed by atoms with E-state index in [0.717, 1.165) is 12.8 Å². The van der Waals surface area contributed by atoms with Gasteiger partial charge in [-0.15, -0.1) is 0 Å². The molecule has 2 bridgehead atoms. The summed E-state index contributed by atoms with van der Waals surface area (Å²) in [7, 11) is -1.13. The Morgan fingerprint density at radius 2 is 1.45 bits per heavy atom. The lowest BCUT2D eigenvalue weighted by Gasteiger charge is -2.23. The number of halogens is 4. The number of carbonyl (C=O) groups excluding carboxylic acids is 3. The van der Waals surface area contributed by atoms with E-state index in [1.807, 2.05) is 34.7 Å². The van der Waals surface area contributed by atoms with Crippen molar-refractivity contribution < 1.29 is 58.4 Å². The Labute approximate surface area is 334 Å². The molecule has 49 heavy (non-hydrogen) atoms. The van der Waals surface area contributed by atoms with Gasteiger partial charge in [-0.1, -0.05) is 63.4 Å². The van der Waals surface area contributed by atoms with Crippen LogP contribution in [0.2, 0.25) is 13.6 Å². The maximum Gasteiger partial charge on any atom is 0.408 e. The second-order valence-corrected chi connectivity index (χ2v) is 15.1. The summed E-state index contributed by atoms with van der Waals surface area (Å²) in [5, 5.41) is 46.7. The zero-order valence-corrected chi connectivity index (χ0v) is 34.9. The van der Waals surface area contributed by atoms with Crippen LogP contribution in [0, 0.1) is 17.8 Å². The van der Waals surface area contributed by atoms with Crippen LogP contribution in [-0.2, 0) is 28.6 Å². The molecule has 0 radical (unpaired) electrons. The smallest absolute Gasteiger partial charge is 0.408 e. The average Bonchev–Trinajstić information content (AvgIpc) is 3.88. The Morgan fingerprint density at radius 1 is 0.816 bits per heavy atom. The number of carbonyl (C=O) groups is 5. The van der Waals surface area contributed by atoms with Gasteiger partial charge in [-0.25, -0.2) is 9.59 Å². The van der Waals surface area contributed by atoms with Gasteiger partial charge in [-0.3, -0.25) is 14.4 Å². The molecule has 272 valence electrons. The second-order valence-electron chi connectivity index (χ2n) is 12.2. The maximum absolute atomic E-state index is 11.2. The quantitative estimate of drug-likeness (QED) is 0.0475. The fourth-order valence-electron chi connectivity index (χ4n) is 6.39. The van der Waals surface area contributed by atoms with E-state index in [0.29, 0.717) is 12.8 Å². The van der Waals surface area contributed by atoms with Crippen molar-refractivity contribution >= 4 is 127 Å². The lowest BCUT2D eigenvalue weighted by Crippen LogP contribution is -2.47. The Morgan fingerprint density at radius 3 is 1.94 bits per heavy atom. The van der Waals surface area contributed by atoms with Gasteiger partial charge in [0.25, 0.3) is 0 Å². The van der Waals surface area contributed by atoms with Crippen LogP contribution in [0.5, 0.6) is 0 Å². The molecular formula is C27H38B2I4N4O12. The SMILES string of the molecule is CB(O)NC1CC2C(=O)OC1C2I.CB(O)N[C@H]1C=C[C@@H](C(=O)O)C1.II.O=C1N[C@@H]2CC=C[C@@H]2O1.O=C1N[C@@H]2C[C@H](C(=O)O)[C@@H](I)[C@@H]2O1. The standard InChI is InChI=1S/C7H11BINO3.C7H12BNO3.C7H8INO4.C6H7NO2.I2/c1-8(12)10-4-2-3-5(9)6(4)13-7(3)11;1-8(12)9-6-3-2-5(4-6)7(10)11;8-4-2(6(10)11)1-3-5(4)13-7(12)9-3;8-6-7-4-2-1-3-5(4)9-6;1-2/h3-6,10,12H,2H2,1H3;2-3,5-6,9,12H,4H2,1H3,(H,10,11);2-5H,1H2,(H,9,12)(H,10,11);1,3-5H,2H2,(H,7,8);/t;5-,6+;2-,3+,4+,5+;4-,5+;/m.101./s1. The van der Waals surface area contributed by atoms with Crippen molar-refractivity contribution in [3.63, 3.8) is 0 Å². The van der Waals surface area contributed by atoms with Crippen molar-refractivity contribution in [2.75, 3.05) is 0 Å². The zero-order chi connectivity index (χ0) is 36.6. The van der Waals surface area contributed by atoms with Gasteiger partial charge in [0.2, 0.25) is 0 Å². The summed E-state index contributed by atoms with van der Waals surface area (Å²) in [5.41, 5.74) is 0. The number of aliphatic carboxylic acids is 2. The number of carboxylic acids is 2. The highest BCUT2D eigenvalue weighted by atomic mass is 128. The summed E-state index contributed by atoms with van der Waals surface area (Å²) in [6.07, 6.45) is 9.07. The highest BCUT2D eigenvalue weighted by molar-refractivity contribution is 15.0. The first kappa shape index (κ1) is 42.7. The van der Waals surface area contributed by atoms with Gasteiger partial charge in [-0.2, -0.15) is 0 Å². The Hall–Kier alpha value is -0.680. The van der Waals surface area contributed by atoms with Gasteiger partial charge in [0.05, 0.1) is 37.7 Å². The summed E-state index contributed by atoms with van der Waals surface area (Å²) in [4.78, 5) is 53.7. The number of amides is 2. The number of alkyl halides is 2. The molecule has 8 N–H and O–H groups in total. The van der Waals surface area contributed by atoms with Crippen molar-refractivity contribution in [3.8, 4) is 0 Å². The molecule has 0 aromatic rings. The third kappa shape index (κ3) is 11.9. The Balaban J connectivity index is 0.000000175. The van der Waals surface area contributed by atoms with Gasteiger partial charge in [0, 0.05) is 49.3 Å². The molecule has 7 rings (SSSR count). The molecule has 0 aromatic heterocycles. The minimum Gasteiger partial charge on any atom is -0.481 e. The first-order valence-corrected chi connectivity index (χ1v) is 24.2. The third-order valence-corrected chi connectivity index (χ3v) is 11.7. The van der Waals surface area contributed by atoms with Crippen molar-refractivity contribution in [1.29, 1.82) is 0 Å². The maximum atomic E-state index is 11.2. The van der Waals surface area contributed by atoms with E-state index < -0.39 is 44.0 Å². The largest absolute Gasteiger partial charge is 0.481 e. The van der Waals surface area contributed by atoms with Crippen molar-refractivity contribution in [1.82, 2.24) is 21.1 Å². The minimum atomic E-state index is -0.813. The van der Waals surface area contributed by atoms with Crippen molar-refractivity contribution in [2.24, 2.45) is 17.8 Å². The minimum absolute atomic E-state index is 0.00824. The fraction of sp³-hybridized carbons (Fsp3) is 0.667. The summed E-state index contributed by atoms with van der Waals surface area (Å²) < 4.78 is 15.1. The number of rotatable bonds is 6. The second kappa shape index (κ2) is 20.0. The molecule has 3 heterocycles. The van der Waals surface area contributed by atoms with Crippen LogP contribution in [0.3, 0.4) is 0 Å². The third-order valence-electron chi connectivity index (χ3n) is 8.59. The Bertz CT molecular complexity index is 1270. The number of alkyl carbamates (subject to hydrolysis) is 2. The molecule has 3 saturated heterocycles. The number of esters is 1. The van der Waals surface area contributed by atoms with Gasteiger partial charge in [-0.05, 0) is 45.4 Å². The molecule has 7 aliphatic rings. The average molecular weight is 1140 g/mol. The van der Waals surface area contributed by atoms with Gasteiger partial charge >= 0.3 is 44.2 Å². The molecule has 0 aromatic carbocycles. The van der Waals surface area contributed by atoms with E-state index in [-0.39, 0.29) is 68.3 Å². The first-order chi connectivity index (χ1) is 23.1. The lowest BCUT2D eigenvalue weighted by atomic mass is 9.86. The van der Waals surface area contributed by atoms with Crippen LogP contribution in [-0.4, -0.2) is 115 Å². The van der Waals surface area contributed by atoms with Gasteiger partial charge in [0.1, 0.15) is 18.3 Å². The topological polar surface area (TPSA) is 242 Å². The molecule has 2 amide bonds. The van der Waals surface area contributed by atoms with Gasteiger partial charge in [0.15, 0.2) is 0 Å². The number of nitrogens with one attached hydrogen (secondary N) is 4. The number of hydrogen-bond donors (Lipinski definition) is 8. The highest BCUT2D eigenvalue weighted by Gasteiger charge is 2.54. The highest BCUT2D eigenvalue weighted by Crippen LogP contribution is 2.41. The van der Waals surface area contributed by atoms with E-state index >= 15 is 0 Å². The van der Waals surface area contributed by atoms with Crippen molar-refractivity contribution in [2.45, 2.75) is 89.7 Å². The summed E-state index contributed by atoms with van der Waals surface area (Å²) in [5.74, 6) is -2.47. The van der Waals surface area contributed by atoms with Crippen LogP contribution < -0.4 is 21.1 Å². The van der Waals surface area contributed by atoms with E-state index in [9.17, 15) is 24.0 Å². The molecule has 16 nitrogen and oxygen atoms in total. The Kier molecular flexibility index (Phi) is 17.4. The predicted molar refractivity (Wildman–Crippen MR) is 212 cm³/mol. The molecule has 0 spiro atoms. The van der Waals surface area contributed by atoms with Crippen LogP contribution in [0.25, 0.3) is 0 Å². The van der Waals surface area contributed by atoms with Crippen LogP contribution in [0.4, 0.5) is 9.59 Å². The summed E-state index contributed by atoms with van der Waals surface area (Å²) in [6.45, 7) is 3.29. The zero-order valence-electron chi connectivity index (χ0n) is 26.3. The number of hydrogen-bond acceptors (Lipinski definition) is 12. The lowest BCUT2D eigenvalue weighted by molar-refractivity contribution is -0.149. The van der Waals surface area contributed by atoms with Crippen molar-refractivity contribution in [3.05, 3.63) is 24.3 Å². The molecule has 4 aliphatic carbocycles. The molecule has 2 saturated carbocycles. The molecular weight excluding hydrogens is 1100 g/mol. The van der Waals surface area contributed by atoms with Crippen LogP contribution in [0.15, 0.2) is 24.3 Å². The predicted octanol–water partition coefficient (Wildman–Crippen LogP) is 2.09.